The topological polar surface area (TPSA) is 21.3 Å². The van der Waals surface area contributed by atoms with Crippen molar-refractivity contribution < 1.29 is 4.74 Å². The molecule has 0 spiro atoms. The summed E-state index contributed by atoms with van der Waals surface area (Å²) in [5, 5.41) is 3.48. The minimum atomic E-state index is 0.565. The van der Waals surface area contributed by atoms with Gasteiger partial charge in [-0.1, -0.05) is 50.6 Å². The van der Waals surface area contributed by atoms with Gasteiger partial charge in [-0.3, -0.25) is 0 Å². The van der Waals surface area contributed by atoms with E-state index in [1.54, 1.807) is 7.11 Å². The van der Waals surface area contributed by atoms with E-state index in [1.807, 2.05) is 0 Å². The van der Waals surface area contributed by atoms with Crippen LogP contribution in [0, 0.1) is 5.92 Å². The largest absolute Gasteiger partial charge is 0.380 e. The zero-order chi connectivity index (χ0) is 14.1. The maximum absolute atomic E-state index is 5.18. The van der Waals surface area contributed by atoms with Crippen LogP contribution in [-0.2, 0) is 11.3 Å². The number of benzene rings is 1. The number of methoxy groups -OCH3 is 1. The Kier molecular flexibility index (Phi) is 7.46. The Labute approximate surface area is 117 Å². The Morgan fingerprint density at radius 2 is 2.16 bits per heavy atom. The van der Waals surface area contributed by atoms with Crippen molar-refractivity contribution >= 4 is 6.08 Å². The third kappa shape index (κ3) is 6.04. The third-order valence-electron chi connectivity index (χ3n) is 3.11. The van der Waals surface area contributed by atoms with E-state index in [2.05, 4.69) is 56.4 Å². The minimum Gasteiger partial charge on any atom is -0.380 e. The third-order valence-corrected chi connectivity index (χ3v) is 3.11. The summed E-state index contributed by atoms with van der Waals surface area (Å²) in [6.45, 7) is 9.41. The molecule has 0 amide bonds. The van der Waals surface area contributed by atoms with Crippen LogP contribution in [0.2, 0.25) is 0 Å². The van der Waals surface area contributed by atoms with Gasteiger partial charge in [-0.15, -0.1) is 0 Å². The fourth-order valence-electron chi connectivity index (χ4n) is 1.98. The SMILES string of the molecule is CCCNCC(=Cc1cccc(COC)c1)C(C)C. The van der Waals surface area contributed by atoms with E-state index in [9.17, 15) is 0 Å². The van der Waals surface area contributed by atoms with E-state index in [1.165, 1.54) is 23.1 Å². The molecule has 0 aromatic heterocycles. The molecule has 0 atom stereocenters. The van der Waals surface area contributed by atoms with E-state index >= 15 is 0 Å². The molecule has 0 fully saturated rings. The second-order valence-corrected chi connectivity index (χ2v) is 5.23. The highest BCUT2D eigenvalue weighted by Crippen LogP contribution is 2.15. The summed E-state index contributed by atoms with van der Waals surface area (Å²) in [6, 6.07) is 8.55. The first-order valence-corrected chi connectivity index (χ1v) is 7.16. The molecule has 2 heteroatoms. The molecule has 0 radical (unpaired) electrons. The Balaban J connectivity index is 2.79. The van der Waals surface area contributed by atoms with Crippen molar-refractivity contribution in [2.45, 2.75) is 33.8 Å². The van der Waals surface area contributed by atoms with Crippen molar-refractivity contribution in [2.75, 3.05) is 20.2 Å². The van der Waals surface area contributed by atoms with Crippen molar-refractivity contribution in [1.29, 1.82) is 0 Å². The number of ether oxygens (including phenoxy) is 1. The molecule has 0 unspecified atom stereocenters. The Morgan fingerprint density at radius 3 is 2.79 bits per heavy atom. The standard InChI is InChI=1S/C17H27NO/c1-5-9-18-12-17(14(2)3)11-15-7-6-8-16(10-15)13-19-4/h6-8,10-11,14,18H,5,9,12-13H2,1-4H3. The number of nitrogens with one attached hydrogen (secondary N) is 1. The fourth-order valence-corrected chi connectivity index (χ4v) is 1.98. The summed E-state index contributed by atoms with van der Waals surface area (Å²) in [6.07, 6.45) is 3.47. The van der Waals surface area contributed by atoms with Crippen molar-refractivity contribution in [2.24, 2.45) is 5.92 Å². The average molecular weight is 261 g/mol. The van der Waals surface area contributed by atoms with E-state index in [4.69, 9.17) is 4.74 Å². The van der Waals surface area contributed by atoms with Gasteiger partial charge in [-0.05, 0) is 36.1 Å². The lowest BCUT2D eigenvalue weighted by Gasteiger charge is -2.13. The molecule has 19 heavy (non-hydrogen) atoms. The van der Waals surface area contributed by atoms with Gasteiger partial charge in [-0.2, -0.15) is 0 Å². The second kappa shape index (κ2) is 8.89. The maximum Gasteiger partial charge on any atom is 0.0713 e. The molecule has 0 aliphatic rings. The Hall–Kier alpha value is -1.12. The highest BCUT2D eigenvalue weighted by atomic mass is 16.5. The van der Waals surface area contributed by atoms with Crippen LogP contribution in [0.25, 0.3) is 6.08 Å². The number of hydrogen-bond donors (Lipinski definition) is 1. The van der Waals surface area contributed by atoms with Crippen LogP contribution in [0.4, 0.5) is 0 Å². The molecule has 1 rings (SSSR count). The van der Waals surface area contributed by atoms with Gasteiger partial charge < -0.3 is 10.1 Å². The van der Waals surface area contributed by atoms with Crippen LogP contribution in [0.15, 0.2) is 29.8 Å². The zero-order valence-electron chi connectivity index (χ0n) is 12.7. The second-order valence-electron chi connectivity index (χ2n) is 5.23. The van der Waals surface area contributed by atoms with Gasteiger partial charge in [-0.25, -0.2) is 0 Å². The molecule has 0 aliphatic carbocycles. The molecule has 1 aromatic carbocycles. The van der Waals surface area contributed by atoms with Crippen molar-refractivity contribution in [3.63, 3.8) is 0 Å². The molecule has 1 N–H and O–H groups in total. The van der Waals surface area contributed by atoms with Gasteiger partial charge in [0.1, 0.15) is 0 Å². The molecule has 0 saturated heterocycles. The molecule has 0 bridgehead atoms. The van der Waals surface area contributed by atoms with Crippen molar-refractivity contribution in [1.82, 2.24) is 5.32 Å². The summed E-state index contributed by atoms with van der Waals surface area (Å²) in [5.41, 5.74) is 3.93. The van der Waals surface area contributed by atoms with Crippen molar-refractivity contribution in [3.05, 3.63) is 41.0 Å². The number of rotatable bonds is 8. The van der Waals surface area contributed by atoms with Crippen LogP contribution >= 0.6 is 0 Å². The van der Waals surface area contributed by atoms with Crippen LogP contribution in [0.3, 0.4) is 0 Å². The van der Waals surface area contributed by atoms with Gasteiger partial charge in [0.15, 0.2) is 0 Å². The average Bonchev–Trinajstić information content (AvgIpc) is 2.38. The maximum atomic E-state index is 5.18. The highest BCUT2D eigenvalue weighted by Gasteiger charge is 2.03. The predicted molar refractivity (Wildman–Crippen MR) is 83.1 cm³/mol. The Bertz CT molecular complexity index is 396. The molecule has 2 nitrogen and oxygen atoms in total. The molecular weight excluding hydrogens is 234 g/mol. The van der Waals surface area contributed by atoms with Crippen LogP contribution < -0.4 is 5.32 Å². The first-order chi connectivity index (χ1) is 9.17. The first-order valence-electron chi connectivity index (χ1n) is 7.16. The molecular formula is C17H27NO. The molecule has 106 valence electrons. The predicted octanol–water partition coefficient (Wildman–Crippen LogP) is 3.87. The van der Waals surface area contributed by atoms with E-state index in [-0.39, 0.29) is 0 Å². The van der Waals surface area contributed by atoms with Crippen LogP contribution in [0.5, 0.6) is 0 Å². The smallest absolute Gasteiger partial charge is 0.0713 e. The lowest BCUT2D eigenvalue weighted by molar-refractivity contribution is 0.185. The van der Waals surface area contributed by atoms with Gasteiger partial charge in [0.25, 0.3) is 0 Å². The normalized spacial score (nSPS) is 12.2. The lowest BCUT2D eigenvalue weighted by Crippen LogP contribution is -2.19. The summed E-state index contributed by atoms with van der Waals surface area (Å²) in [7, 11) is 1.73. The van der Waals surface area contributed by atoms with E-state index in [0.717, 1.165) is 13.1 Å². The first kappa shape index (κ1) is 15.9. The van der Waals surface area contributed by atoms with Gasteiger partial charge in [0.05, 0.1) is 6.61 Å². The van der Waals surface area contributed by atoms with Crippen LogP contribution in [-0.4, -0.2) is 20.2 Å². The molecule has 1 aromatic rings. The summed E-state index contributed by atoms with van der Waals surface area (Å²) < 4.78 is 5.18. The number of hydrogen-bond acceptors (Lipinski definition) is 2. The Morgan fingerprint density at radius 1 is 1.37 bits per heavy atom. The zero-order valence-corrected chi connectivity index (χ0v) is 12.7. The minimum absolute atomic E-state index is 0.565. The molecule has 0 aliphatic heterocycles. The van der Waals surface area contributed by atoms with Gasteiger partial charge >= 0.3 is 0 Å². The molecule has 0 saturated carbocycles. The summed E-state index contributed by atoms with van der Waals surface area (Å²) >= 11 is 0. The quantitative estimate of drug-likeness (QED) is 0.717. The van der Waals surface area contributed by atoms with E-state index < -0.39 is 0 Å². The highest BCUT2D eigenvalue weighted by molar-refractivity contribution is 5.54. The summed E-state index contributed by atoms with van der Waals surface area (Å²) in [5.74, 6) is 0.565. The molecule has 0 heterocycles. The fraction of sp³-hybridized carbons (Fsp3) is 0.529. The summed E-state index contributed by atoms with van der Waals surface area (Å²) in [4.78, 5) is 0. The van der Waals surface area contributed by atoms with Crippen molar-refractivity contribution in [3.8, 4) is 0 Å². The monoisotopic (exact) mass is 261 g/mol. The van der Waals surface area contributed by atoms with Crippen LogP contribution in [0.1, 0.15) is 38.3 Å². The van der Waals surface area contributed by atoms with E-state index in [0.29, 0.717) is 12.5 Å². The van der Waals surface area contributed by atoms with Gasteiger partial charge in [0, 0.05) is 13.7 Å². The van der Waals surface area contributed by atoms with Gasteiger partial charge in [0.2, 0.25) is 0 Å². The lowest BCUT2D eigenvalue weighted by atomic mass is 9.99.